The first-order chi connectivity index (χ1) is 14.2. The van der Waals surface area contributed by atoms with Crippen LogP contribution in [0.1, 0.15) is 43.1 Å². The van der Waals surface area contributed by atoms with Gasteiger partial charge in [-0.25, -0.2) is 17.9 Å². The van der Waals surface area contributed by atoms with Gasteiger partial charge in [0, 0.05) is 18.7 Å². The SMILES string of the molecule is CCOC(=O)c1ccc(NC(=O)CCc2ccc(S(=O)(=O)NCC(C)C)cc2)cc1. The molecule has 2 N–H and O–H groups in total. The molecule has 0 aliphatic heterocycles. The van der Waals surface area contributed by atoms with Gasteiger partial charge in [0.25, 0.3) is 0 Å². The predicted molar refractivity (Wildman–Crippen MR) is 116 cm³/mol. The molecule has 2 aromatic carbocycles. The summed E-state index contributed by atoms with van der Waals surface area (Å²) in [7, 11) is -3.52. The summed E-state index contributed by atoms with van der Waals surface area (Å²) in [6.45, 7) is 6.29. The van der Waals surface area contributed by atoms with E-state index in [2.05, 4.69) is 10.0 Å². The fourth-order valence-electron chi connectivity index (χ4n) is 2.58. The molecular formula is C22H28N2O5S. The first-order valence-corrected chi connectivity index (χ1v) is 11.3. The van der Waals surface area contributed by atoms with Gasteiger partial charge < -0.3 is 10.1 Å². The maximum absolute atomic E-state index is 12.2. The molecule has 0 fully saturated rings. The zero-order valence-electron chi connectivity index (χ0n) is 17.5. The Bertz CT molecular complexity index is 952. The minimum atomic E-state index is -3.52. The third-order valence-corrected chi connectivity index (χ3v) is 5.68. The predicted octanol–water partition coefficient (Wildman–Crippen LogP) is 3.37. The number of esters is 1. The zero-order chi connectivity index (χ0) is 22.1. The Morgan fingerprint density at radius 3 is 2.20 bits per heavy atom. The fourth-order valence-corrected chi connectivity index (χ4v) is 3.79. The highest BCUT2D eigenvalue weighted by molar-refractivity contribution is 7.89. The Kier molecular flexibility index (Phi) is 8.56. The van der Waals surface area contributed by atoms with Crippen molar-refractivity contribution in [3.05, 3.63) is 59.7 Å². The molecule has 2 aromatic rings. The standard InChI is InChI=1S/C22H28N2O5S/c1-4-29-22(26)18-8-10-19(11-9-18)24-21(25)14-7-17-5-12-20(13-6-17)30(27,28)23-15-16(2)3/h5-6,8-13,16,23H,4,7,14-15H2,1-3H3,(H,24,25). The van der Waals surface area contributed by atoms with Crippen LogP contribution in [0, 0.1) is 5.92 Å². The summed E-state index contributed by atoms with van der Waals surface area (Å²) in [5.41, 5.74) is 1.88. The van der Waals surface area contributed by atoms with Gasteiger partial charge in [0.15, 0.2) is 0 Å². The van der Waals surface area contributed by atoms with Crippen molar-refractivity contribution < 1.29 is 22.7 Å². The number of amides is 1. The molecule has 0 heterocycles. The highest BCUT2D eigenvalue weighted by atomic mass is 32.2. The quantitative estimate of drug-likeness (QED) is 0.561. The van der Waals surface area contributed by atoms with Gasteiger partial charge in [0.1, 0.15) is 0 Å². The largest absolute Gasteiger partial charge is 0.462 e. The third-order valence-electron chi connectivity index (χ3n) is 4.24. The number of ether oxygens (including phenoxy) is 1. The van der Waals surface area contributed by atoms with E-state index in [1.165, 1.54) is 0 Å². The van der Waals surface area contributed by atoms with Gasteiger partial charge in [0.05, 0.1) is 17.1 Å². The molecule has 0 aliphatic rings. The van der Waals surface area contributed by atoms with Crippen LogP contribution in [0.3, 0.4) is 0 Å². The summed E-state index contributed by atoms with van der Waals surface area (Å²) in [6.07, 6.45) is 0.726. The molecule has 0 radical (unpaired) electrons. The van der Waals surface area contributed by atoms with E-state index in [-0.39, 0.29) is 23.1 Å². The first-order valence-electron chi connectivity index (χ1n) is 9.87. The molecule has 0 spiro atoms. The van der Waals surface area contributed by atoms with Gasteiger partial charge in [0.2, 0.25) is 15.9 Å². The number of benzene rings is 2. The molecule has 8 heteroatoms. The number of anilines is 1. The summed E-state index contributed by atoms with van der Waals surface area (Å²) in [4.78, 5) is 24.0. The summed E-state index contributed by atoms with van der Waals surface area (Å²) in [5.74, 6) is -0.353. The van der Waals surface area contributed by atoms with Gasteiger partial charge in [-0.15, -0.1) is 0 Å². The second-order valence-electron chi connectivity index (χ2n) is 7.24. The molecule has 0 saturated heterocycles. The number of hydrogen-bond donors (Lipinski definition) is 2. The zero-order valence-corrected chi connectivity index (χ0v) is 18.3. The molecule has 7 nitrogen and oxygen atoms in total. The molecule has 30 heavy (non-hydrogen) atoms. The van der Waals surface area contributed by atoms with E-state index in [0.29, 0.717) is 30.8 Å². The van der Waals surface area contributed by atoms with Gasteiger partial charge in [-0.2, -0.15) is 0 Å². The number of aryl methyl sites for hydroxylation is 1. The molecule has 162 valence electrons. The summed E-state index contributed by atoms with van der Waals surface area (Å²) >= 11 is 0. The first kappa shape index (κ1) is 23.6. The van der Waals surface area contributed by atoms with Crippen molar-refractivity contribution in [2.75, 3.05) is 18.5 Å². The molecule has 0 saturated carbocycles. The number of carbonyl (C=O) groups is 2. The molecule has 0 bridgehead atoms. The van der Waals surface area contributed by atoms with Gasteiger partial charge in [-0.1, -0.05) is 26.0 Å². The lowest BCUT2D eigenvalue weighted by Gasteiger charge is -2.10. The second-order valence-corrected chi connectivity index (χ2v) is 9.00. The van der Waals surface area contributed by atoms with Crippen LogP contribution in [-0.2, 0) is 26.0 Å². The van der Waals surface area contributed by atoms with E-state index in [0.717, 1.165) is 5.56 Å². The van der Waals surface area contributed by atoms with E-state index in [1.807, 2.05) is 13.8 Å². The van der Waals surface area contributed by atoms with Crippen LogP contribution in [0.15, 0.2) is 53.4 Å². The smallest absolute Gasteiger partial charge is 0.338 e. The number of rotatable bonds is 10. The fraction of sp³-hybridized carbons (Fsp3) is 0.364. The molecule has 0 unspecified atom stereocenters. The van der Waals surface area contributed by atoms with Crippen molar-refractivity contribution >= 4 is 27.6 Å². The van der Waals surface area contributed by atoms with Crippen LogP contribution in [0.25, 0.3) is 0 Å². The summed E-state index contributed by atoms with van der Waals surface area (Å²) in [6, 6.07) is 13.0. The van der Waals surface area contributed by atoms with Crippen molar-refractivity contribution in [1.82, 2.24) is 4.72 Å². The van der Waals surface area contributed by atoms with Crippen molar-refractivity contribution in [3.63, 3.8) is 0 Å². The number of hydrogen-bond acceptors (Lipinski definition) is 5. The van der Waals surface area contributed by atoms with Gasteiger partial charge in [-0.05, 0) is 61.2 Å². The Labute approximate surface area is 177 Å². The Hall–Kier alpha value is -2.71. The molecule has 0 aliphatic carbocycles. The van der Waals surface area contributed by atoms with Gasteiger partial charge >= 0.3 is 5.97 Å². The Balaban J connectivity index is 1.87. The molecular weight excluding hydrogens is 404 g/mol. The average Bonchev–Trinajstić information content (AvgIpc) is 2.72. The lowest BCUT2D eigenvalue weighted by atomic mass is 10.1. The average molecular weight is 433 g/mol. The second kappa shape index (κ2) is 10.9. The van der Waals surface area contributed by atoms with Crippen molar-refractivity contribution in [2.45, 2.75) is 38.5 Å². The Morgan fingerprint density at radius 2 is 1.63 bits per heavy atom. The number of nitrogens with one attached hydrogen (secondary N) is 2. The maximum Gasteiger partial charge on any atom is 0.338 e. The molecule has 0 aromatic heterocycles. The van der Waals surface area contributed by atoms with Crippen molar-refractivity contribution in [1.29, 1.82) is 0 Å². The van der Waals surface area contributed by atoms with E-state index < -0.39 is 16.0 Å². The van der Waals surface area contributed by atoms with Crippen molar-refractivity contribution in [2.24, 2.45) is 5.92 Å². The minimum absolute atomic E-state index is 0.172. The van der Waals surface area contributed by atoms with Crippen LogP contribution in [-0.4, -0.2) is 33.4 Å². The summed E-state index contributed by atoms with van der Waals surface area (Å²) < 4.78 is 31.9. The molecule has 2 rings (SSSR count). The highest BCUT2D eigenvalue weighted by Gasteiger charge is 2.14. The van der Waals surface area contributed by atoms with Crippen LogP contribution < -0.4 is 10.0 Å². The van der Waals surface area contributed by atoms with Crippen LogP contribution >= 0.6 is 0 Å². The third kappa shape index (κ3) is 7.27. The minimum Gasteiger partial charge on any atom is -0.462 e. The van der Waals surface area contributed by atoms with E-state index in [4.69, 9.17) is 4.74 Å². The molecule has 0 atom stereocenters. The Morgan fingerprint density at radius 1 is 1.00 bits per heavy atom. The number of sulfonamides is 1. The van der Waals surface area contributed by atoms with Crippen molar-refractivity contribution in [3.8, 4) is 0 Å². The highest BCUT2D eigenvalue weighted by Crippen LogP contribution is 2.14. The van der Waals surface area contributed by atoms with E-state index >= 15 is 0 Å². The summed E-state index contributed by atoms with van der Waals surface area (Å²) in [5, 5.41) is 2.78. The lowest BCUT2D eigenvalue weighted by Crippen LogP contribution is -2.27. The number of carbonyl (C=O) groups excluding carboxylic acids is 2. The lowest BCUT2D eigenvalue weighted by molar-refractivity contribution is -0.116. The van der Waals surface area contributed by atoms with Crippen LogP contribution in [0.2, 0.25) is 0 Å². The normalized spacial score (nSPS) is 11.3. The van der Waals surface area contributed by atoms with Gasteiger partial charge in [-0.3, -0.25) is 4.79 Å². The van der Waals surface area contributed by atoms with E-state index in [9.17, 15) is 18.0 Å². The monoisotopic (exact) mass is 432 g/mol. The molecule has 1 amide bonds. The topological polar surface area (TPSA) is 102 Å². The van der Waals surface area contributed by atoms with Crippen LogP contribution in [0.4, 0.5) is 5.69 Å². The maximum atomic E-state index is 12.2. The van der Waals surface area contributed by atoms with E-state index in [1.54, 1.807) is 55.5 Å². The van der Waals surface area contributed by atoms with Crippen LogP contribution in [0.5, 0.6) is 0 Å².